The third kappa shape index (κ3) is 2.39. The highest BCUT2D eigenvalue weighted by molar-refractivity contribution is 6.30. The molecule has 0 saturated carbocycles. The summed E-state index contributed by atoms with van der Waals surface area (Å²) in [4.78, 5) is 3.77. The molecule has 0 bridgehead atoms. The topological polar surface area (TPSA) is 38.9 Å². The zero-order valence-corrected chi connectivity index (χ0v) is 8.48. The SMILES string of the molecule is Cc1ccc(C(F)(F)CCN)c(Cl)n1. The molecule has 78 valence electrons. The molecular weight excluding hydrogens is 210 g/mol. The molecule has 2 N–H and O–H groups in total. The molecule has 1 heterocycles. The van der Waals surface area contributed by atoms with Crippen LogP contribution < -0.4 is 5.73 Å². The number of pyridine rings is 1. The Morgan fingerprint density at radius 2 is 2.14 bits per heavy atom. The summed E-state index contributed by atoms with van der Waals surface area (Å²) in [5, 5.41) is -0.150. The van der Waals surface area contributed by atoms with Crippen LogP contribution >= 0.6 is 11.6 Å². The largest absolute Gasteiger partial charge is 0.330 e. The maximum absolute atomic E-state index is 13.3. The standard InChI is InChI=1S/C9H11ClF2N2/c1-6-2-3-7(8(10)14-6)9(11,12)4-5-13/h2-3H,4-5,13H2,1H3. The highest BCUT2D eigenvalue weighted by Gasteiger charge is 2.33. The maximum atomic E-state index is 13.3. The molecule has 0 atom stereocenters. The molecule has 2 nitrogen and oxygen atoms in total. The second kappa shape index (κ2) is 4.19. The lowest BCUT2D eigenvalue weighted by Gasteiger charge is -2.16. The lowest BCUT2D eigenvalue weighted by molar-refractivity contribution is -0.0109. The van der Waals surface area contributed by atoms with Crippen molar-refractivity contribution in [1.29, 1.82) is 0 Å². The molecule has 5 heteroatoms. The molecule has 0 amide bonds. The summed E-state index contributed by atoms with van der Waals surface area (Å²) < 4.78 is 26.7. The van der Waals surface area contributed by atoms with E-state index in [0.29, 0.717) is 5.69 Å². The normalized spacial score (nSPS) is 11.8. The Balaban J connectivity index is 3.06. The van der Waals surface area contributed by atoms with Crippen molar-refractivity contribution in [2.75, 3.05) is 6.54 Å². The van der Waals surface area contributed by atoms with Gasteiger partial charge in [0.2, 0.25) is 0 Å². The average molecular weight is 221 g/mol. The Bertz CT molecular complexity index is 329. The van der Waals surface area contributed by atoms with Gasteiger partial charge in [-0.15, -0.1) is 0 Å². The fraction of sp³-hybridized carbons (Fsp3) is 0.444. The monoisotopic (exact) mass is 220 g/mol. The Hall–Kier alpha value is -0.740. The van der Waals surface area contributed by atoms with Gasteiger partial charge < -0.3 is 5.73 Å². The maximum Gasteiger partial charge on any atom is 0.277 e. The van der Waals surface area contributed by atoms with Crippen molar-refractivity contribution in [2.45, 2.75) is 19.3 Å². The van der Waals surface area contributed by atoms with E-state index in [-0.39, 0.29) is 17.3 Å². The minimum Gasteiger partial charge on any atom is -0.330 e. The van der Waals surface area contributed by atoms with Crippen LogP contribution in [0.5, 0.6) is 0 Å². The molecule has 0 aromatic carbocycles. The van der Waals surface area contributed by atoms with Crippen molar-refractivity contribution in [1.82, 2.24) is 4.98 Å². The van der Waals surface area contributed by atoms with Crippen LogP contribution in [0.2, 0.25) is 5.15 Å². The van der Waals surface area contributed by atoms with Crippen LogP contribution in [0.25, 0.3) is 0 Å². The molecule has 0 spiro atoms. The van der Waals surface area contributed by atoms with Crippen LogP contribution in [0.3, 0.4) is 0 Å². The molecule has 1 aromatic heterocycles. The highest BCUT2D eigenvalue weighted by atomic mass is 35.5. The van der Waals surface area contributed by atoms with Gasteiger partial charge in [0.25, 0.3) is 5.92 Å². The molecular formula is C9H11ClF2N2. The Morgan fingerprint density at radius 3 is 2.64 bits per heavy atom. The summed E-state index contributed by atoms with van der Waals surface area (Å²) in [5.41, 5.74) is 5.45. The van der Waals surface area contributed by atoms with Gasteiger partial charge in [0.15, 0.2) is 0 Å². The third-order valence-electron chi connectivity index (χ3n) is 1.84. The predicted molar refractivity (Wildman–Crippen MR) is 51.5 cm³/mol. The van der Waals surface area contributed by atoms with Crippen molar-refractivity contribution in [3.63, 3.8) is 0 Å². The number of nitrogens with zero attached hydrogens (tertiary/aromatic N) is 1. The van der Waals surface area contributed by atoms with Crippen molar-refractivity contribution in [2.24, 2.45) is 5.73 Å². The number of rotatable bonds is 3. The van der Waals surface area contributed by atoms with Crippen LogP contribution in [0.4, 0.5) is 8.78 Å². The van der Waals surface area contributed by atoms with Gasteiger partial charge in [-0.1, -0.05) is 11.6 Å². The first-order valence-electron chi connectivity index (χ1n) is 4.19. The lowest BCUT2D eigenvalue weighted by Crippen LogP contribution is -2.19. The van der Waals surface area contributed by atoms with E-state index in [2.05, 4.69) is 4.98 Å². The van der Waals surface area contributed by atoms with Gasteiger partial charge in [-0.05, 0) is 25.6 Å². The number of halogens is 3. The van der Waals surface area contributed by atoms with Crippen molar-refractivity contribution >= 4 is 11.6 Å². The van der Waals surface area contributed by atoms with Crippen LogP contribution in [0.15, 0.2) is 12.1 Å². The van der Waals surface area contributed by atoms with Crippen LogP contribution in [0.1, 0.15) is 17.7 Å². The van der Waals surface area contributed by atoms with Gasteiger partial charge in [0.1, 0.15) is 5.15 Å². The number of nitrogens with two attached hydrogens (primary N) is 1. The Kier molecular flexibility index (Phi) is 3.39. The number of hydrogen-bond acceptors (Lipinski definition) is 2. The van der Waals surface area contributed by atoms with Crippen molar-refractivity contribution < 1.29 is 8.78 Å². The first-order valence-corrected chi connectivity index (χ1v) is 4.56. The summed E-state index contributed by atoms with van der Waals surface area (Å²) in [7, 11) is 0. The molecule has 0 radical (unpaired) electrons. The average Bonchev–Trinajstić information content (AvgIpc) is 2.02. The quantitative estimate of drug-likeness (QED) is 0.795. The number of aromatic nitrogens is 1. The predicted octanol–water partition coefficient (Wildman–Crippen LogP) is 2.48. The fourth-order valence-corrected chi connectivity index (χ4v) is 1.45. The molecule has 0 aliphatic heterocycles. The van der Waals surface area contributed by atoms with E-state index in [1.807, 2.05) is 0 Å². The second-order valence-corrected chi connectivity index (χ2v) is 3.39. The summed E-state index contributed by atoms with van der Waals surface area (Å²) in [6.45, 7) is 1.61. The molecule has 0 saturated heterocycles. The fourth-order valence-electron chi connectivity index (χ4n) is 1.11. The number of aryl methyl sites for hydroxylation is 1. The first-order chi connectivity index (χ1) is 6.47. The van der Waals surface area contributed by atoms with E-state index < -0.39 is 12.3 Å². The minimum atomic E-state index is -2.99. The van der Waals surface area contributed by atoms with Crippen LogP contribution in [-0.4, -0.2) is 11.5 Å². The lowest BCUT2D eigenvalue weighted by atomic mass is 10.1. The van der Waals surface area contributed by atoms with E-state index in [1.165, 1.54) is 12.1 Å². The van der Waals surface area contributed by atoms with E-state index >= 15 is 0 Å². The van der Waals surface area contributed by atoms with Crippen LogP contribution in [-0.2, 0) is 5.92 Å². The van der Waals surface area contributed by atoms with Gasteiger partial charge in [-0.25, -0.2) is 13.8 Å². The van der Waals surface area contributed by atoms with E-state index in [1.54, 1.807) is 6.92 Å². The molecule has 0 fully saturated rings. The first kappa shape index (κ1) is 11.3. The van der Waals surface area contributed by atoms with Crippen molar-refractivity contribution in [3.8, 4) is 0 Å². The minimum absolute atomic E-state index is 0.0861. The molecule has 1 rings (SSSR count). The highest BCUT2D eigenvalue weighted by Crippen LogP contribution is 2.34. The zero-order valence-electron chi connectivity index (χ0n) is 7.73. The summed E-state index contributed by atoms with van der Waals surface area (Å²) in [5.74, 6) is -2.99. The van der Waals surface area contributed by atoms with Gasteiger partial charge in [-0.3, -0.25) is 0 Å². The molecule has 0 aliphatic carbocycles. The molecule has 14 heavy (non-hydrogen) atoms. The molecule has 0 aliphatic rings. The second-order valence-electron chi connectivity index (χ2n) is 3.03. The third-order valence-corrected chi connectivity index (χ3v) is 2.13. The van der Waals surface area contributed by atoms with E-state index in [0.717, 1.165) is 0 Å². The summed E-state index contributed by atoms with van der Waals surface area (Å²) in [6, 6.07) is 2.80. The number of alkyl halides is 2. The van der Waals surface area contributed by atoms with Gasteiger partial charge >= 0.3 is 0 Å². The molecule has 0 unspecified atom stereocenters. The van der Waals surface area contributed by atoms with E-state index in [4.69, 9.17) is 17.3 Å². The molecule has 1 aromatic rings. The van der Waals surface area contributed by atoms with Crippen LogP contribution in [0, 0.1) is 6.92 Å². The van der Waals surface area contributed by atoms with Gasteiger partial charge in [0.05, 0.1) is 5.56 Å². The van der Waals surface area contributed by atoms with Crippen molar-refractivity contribution in [3.05, 3.63) is 28.5 Å². The van der Waals surface area contributed by atoms with E-state index in [9.17, 15) is 8.78 Å². The summed E-state index contributed by atoms with van der Waals surface area (Å²) >= 11 is 5.62. The Labute approximate surface area is 86.1 Å². The van der Waals surface area contributed by atoms with Gasteiger partial charge in [0, 0.05) is 12.1 Å². The summed E-state index contributed by atoms with van der Waals surface area (Å²) in [6.07, 6.45) is -0.419. The smallest absolute Gasteiger partial charge is 0.277 e. The Morgan fingerprint density at radius 1 is 1.50 bits per heavy atom. The number of hydrogen-bond donors (Lipinski definition) is 1. The van der Waals surface area contributed by atoms with Gasteiger partial charge in [-0.2, -0.15) is 0 Å². The zero-order chi connectivity index (χ0) is 10.8.